The van der Waals surface area contributed by atoms with Gasteiger partial charge < -0.3 is 12.6 Å². The summed E-state index contributed by atoms with van der Waals surface area (Å²) < 4.78 is 0.901. The molecule has 0 aromatic carbocycles. The Morgan fingerprint density at radius 2 is 1.15 bits per heavy atom. The molecule has 0 nitrogen and oxygen atoms in total. The van der Waals surface area contributed by atoms with Crippen molar-refractivity contribution in [3.8, 4) is 0 Å². The number of rotatable bonds is 0. The van der Waals surface area contributed by atoms with Gasteiger partial charge in [-0.25, -0.2) is 10.2 Å². The molecule has 2 fully saturated rings. The first-order valence-corrected chi connectivity index (χ1v) is 7.43. The zero-order chi connectivity index (χ0) is 13.9. The van der Waals surface area contributed by atoms with Gasteiger partial charge in [-0.2, -0.15) is 5.56 Å². The largest absolute Gasteiger partial charge is 2.00 e. The molecule has 0 bridgehead atoms. The molecule has 0 spiro atoms. The first kappa shape index (κ1) is 20.8. The van der Waals surface area contributed by atoms with E-state index >= 15 is 0 Å². The van der Waals surface area contributed by atoms with E-state index in [1.165, 1.54) is 11.1 Å². The van der Waals surface area contributed by atoms with Crippen LogP contribution >= 0.6 is 8.19 Å². The molecular formula is C17H17PSZr. The van der Waals surface area contributed by atoms with Crippen LogP contribution < -0.4 is 0 Å². The third-order valence-corrected chi connectivity index (χ3v) is 3.65. The maximum absolute atomic E-state index is 4.95. The van der Waals surface area contributed by atoms with Crippen molar-refractivity contribution in [1.82, 2.24) is 0 Å². The van der Waals surface area contributed by atoms with Gasteiger partial charge in [0.05, 0.1) is 0 Å². The van der Waals surface area contributed by atoms with E-state index in [4.69, 9.17) is 12.6 Å². The molecule has 2 saturated carbocycles. The summed E-state index contributed by atoms with van der Waals surface area (Å²) in [5.74, 6) is 2.12. The van der Waals surface area contributed by atoms with Gasteiger partial charge in [0.2, 0.25) is 0 Å². The van der Waals surface area contributed by atoms with Crippen LogP contribution in [0.2, 0.25) is 0 Å². The molecule has 1 heterocycles. The molecule has 0 aliphatic heterocycles. The van der Waals surface area contributed by atoms with Crippen LogP contribution in [0.5, 0.6) is 0 Å². The van der Waals surface area contributed by atoms with E-state index in [0.29, 0.717) is 0 Å². The van der Waals surface area contributed by atoms with Crippen molar-refractivity contribution in [2.45, 2.75) is 18.5 Å². The monoisotopic (exact) mass is 374 g/mol. The number of hydrogen-bond acceptors (Lipinski definition) is 1. The summed E-state index contributed by atoms with van der Waals surface area (Å²) in [7, 11) is 1.12. The van der Waals surface area contributed by atoms with E-state index in [2.05, 4.69) is 18.8 Å². The summed E-state index contributed by atoms with van der Waals surface area (Å²) in [6.07, 6.45) is 20.0. The molecule has 0 N–H and O–H groups in total. The Morgan fingerprint density at radius 1 is 0.800 bits per heavy atom. The average molecular weight is 376 g/mol. The molecule has 10 radical (unpaired) electrons. The van der Waals surface area contributed by atoms with Gasteiger partial charge in [0.25, 0.3) is 0 Å². The SMILES string of the molecule is Cc1[c-]c([S-])pcc1C.[CH]1[CH][CH][CH][CH]1.[CH]1[CH][CH][CH][CH]1.[Zr+2]. The zero-order valence-corrected chi connectivity index (χ0v) is 15.9. The van der Waals surface area contributed by atoms with E-state index in [1.807, 2.05) is 71.1 Å². The first-order chi connectivity index (χ1) is 9.20. The van der Waals surface area contributed by atoms with Crippen molar-refractivity contribution in [2.75, 3.05) is 0 Å². The van der Waals surface area contributed by atoms with Crippen molar-refractivity contribution in [2.24, 2.45) is 0 Å². The van der Waals surface area contributed by atoms with Crippen molar-refractivity contribution < 1.29 is 26.2 Å². The van der Waals surface area contributed by atoms with Crippen molar-refractivity contribution >= 4 is 20.8 Å². The fourth-order valence-electron chi connectivity index (χ4n) is 1.19. The van der Waals surface area contributed by atoms with Crippen molar-refractivity contribution in [3.05, 3.63) is 87.2 Å². The van der Waals surface area contributed by atoms with Gasteiger partial charge in [0, 0.05) is 0 Å². The van der Waals surface area contributed by atoms with Gasteiger partial charge in [-0.3, -0.25) is 6.07 Å². The second-order valence-corrected chi connectivity index (χ2v) is 5.60. The molecule has 0 saturated heterocycles. The molecule has 1 aromatic rings. The predicted molar refractivity (Wildman–Crippen MR) is 85.9 cm³/mol. The molecule has 2 aliphatic rings. The Morgan fingerprint density at radius 3 is 1.40 bits per heavy atom. The van der Waals surface area contributed by atoms with Gasteiger partial charge in [0.1, 0.15) is 0 Å². The maximum atomic E-state index is 4.95. The summed E-state index contributed by atoms with van der Waals surface area (Å²) in [4.78, 5) is 0. The van der Waals surface area contributed by atoms with Gasteiger partial charge in [0.15, 0.2) is 0 Å². The maximum Gasteiger partial charge on any atom is 2.00 e. The van der Waals surface area contributed by atoms with E-state index in [1.54, 1.807) is 0 Å². The Kier molecular flexibility index (Phi) is 13.9. The van der Waals surface area contributed by atoms with Crippen LogP contribution in [0.25, 0.3) is 0 Å². The van der Waals surface area contributed by atoms with Crippen molar-refractivity contribution in [3.63, 3.8) is 0 Å². The molecule has 1 aromatic heterocycles. The van der Waals surface area contributed by atoms with Gasteiger partial charge >= 0.3 is 26.2 Å². The molecule has 0 amide bonds. The van der Waals surface area contributed by atoms with Gasteiger partial charge in [-0.15, -0.1) is 20.9 Å². The molecule has 20 heavy (non-hydrogen) atoms. The Balaban J connectivity index is 0.000000282. The normalized spacial score (nSPS) is 16.7. The molecule has 0 unspecified atom stereocenters. The first-order valence-electron chi connectivity index (χ1n) is 6.06. The predicted octanol–water partition coefficient (Wildman–Crippen LogP) is 4.63. The Bertz CT molecular complexity index is 322. The van der Waals surface area contributed by atoms with Crippen LogP contribution in [-0.2, 0) is 38.8 Å². The molecular weight excluding hydrogens is 358 g/mol. The average Bonchev–Trinajstić information content (AvgIpc) is 3.10. The van der Waals surface area contributed by atoms with Crippen LogP contribution in [0.3, 0.4) is 0 Å². The van der Waals surface area contributed by atoms with Gasteiger partial charge in [-0.05, 0) is 64.2 Å². The smallest absolute Gasteiger partial charge is 0.795 e. The van der Waals surface area contributed by atoms with Gasteiger partial charge in [-0.1, -0.05) is 6.92 Å². The number of hydrogen-bond donors (Lipinski definition) is 0. The van der Waals surface area contributed by atoms with E-state index in [9.17, 15) is 0 Å². The molecule has 3 heteroatoms. The quantitative estimate of drug-likeness (QED) is 0.471. The van der Waals surface area contributed by atoms with E-state index < -0.39 is 0 Å². The topological polar surface area (TPSA) is 0 Å². The van der Waals surface area contributed by atoms with Crippen LogP contribution in [0.1, 0.15) is 11.1 Å². The summed E-state index contributed by atoms with van der Waals surface area (Å²) in [6.45, 7) is 4.12. The molecule has 2 aliphatic carbocycles. The minimum Gasteiger partial charge on any atom is -0.795 e. The standard InChI is InChI=1S/C7H8PS.2C5H5.Zr/c1-5-3-7(9)8-4-6(5)2;2*1-2-4-5-3-1;/h4,9H,1-2H3;2*1-5H;/q-1;;;+2/p-1. The van der Waals surface area contributed by atoms with Crippen LogP contribution in [0.15, 0.2) is 10.4 Å². The molecule has 0 atom stereocenters. The second kappa shape index (κ2) is 13.4. The molecule has 3 rings (SSSR count). The minimum absolute atomic E-state index is 0. The third kappa shape index (κ3) is 10.5. The van der Waals surface area contributed by atoms with Crippen molar-refractivity contribution in [1.29, 1.82) is 0 Å². The fraction of sp³-hybridized carbons (Fsp3) is 0.118. The zero-order valence-electron chi connectivity index (χ0n) is 11.7. The molecule has 100 valence electrons. The fourth-order valence-corrected chi connectivity index (χ4v) is 2.23. The van der Waals surface area contributed by atoms with Crippen LogP contribution in [0.4, 0.5) is 0 Å². The number of aryl methyl sites for hydroxylation is 2. The summed E-state index contributed by atoms with van der Waals surface area (Å²) in [5, 5.41) is 0. The Hall–Kier alpha value is 0.753. The summed E-state index contributed by atoms with van der Waals surface area (Å²) in [5.41, 5.74) is 2.48. The minimum atomic E-state index is 0. The second-order valence-electron chi connectivity index (χ2n) is 3.92. The van der Waals surface area contributed by atoms with E-state index in [0.717, 1.165) is 12.8 Å². The van der Waals surface area contributed by atoms with Crippen LogP contribution in [0, 0.1) is 84.1 Å². The summed E-state index contributed by atoms with van der Waals surface area (Å²) >= 11 is 4.95. The Labute approximate surface area is 152 Å². The summed E-state index contributed by atoms with van der Waals surface area (Å²) in [6, 6.07) is 3.10. The van der Waals surface area contributed by atoms with Crippen LogP contribution in [-0.4, -0.2) is 0 Å². The van der Waals surface area contributed by atoms with E-state index in [-0.39, 0.29) is 26.2 Å². The third-order valence-electron chi connectivity index (χ3n) is 2.37.